The Labute approximate surface area is 145 Å². The second kappa shape index (κ2) is 8.05. The molecule has 5 nitrogen and oxygen atoms in total. The van der Waals surface area contributed by atoms with Crippen LogP contribution in [0.25, 0.3) is 0 Å². The number of piperidine rings is 1. The number of ether oxygens (including phenoxy) is 1. The molecule has 0 aliphatic carbocycles. The van der Waals surface area contributed by atoms with Crippen LogP contribution in [-0.4, -0.2) is 60.0 Å². The predicted octanol–water partition coefficient (Wildman–Crippen LogP) is 3.13. The fourth-order valence-corrected chi connectivity index (χ4v) is 3.22. The van der Waals surface area contributed by atoms with Gasteiger partial charge in [-0.2, -0.15) is 0 Å². The Bertz CT molecular complexity index is 569. The third-order valence-electron chi connectivity index (χ3n) is 4.65. The van der Waals surface area contributed by atoms with E-state index in [9.17, 15) is 18.0 Å². The number of benzene rings is 1. The number of hydrogen-bond acceptors (Lipinski definition) is 4. The lowest BCUT2D eigenvalue weighted by molar-refractivity contribution is -0.274. The van der Waals surface area contributed by atoms with Gasteiger partial charge in [0.1, 0.15) is 5.75 Å². The number of likely N-dealkylation sites (N-methyl/N-ethyl adjacent to an activating group) is 1. The SMILES string of the molecule is CC(c1ccc(OC(F)(F)F)cc1)N1CCC(N(C)CC(=O)O)CC1. The zero-order valence-electron chi connectivity index (χ0n) is 14.3. The lowest BCUT2D eigenvalue weighted by Gasteiger charge is -2.39. The van der Waals surface area contributed by atoms with E-state index in [2.05, 4.69) is 9.64 Å². The molecular weight excluding hydrogens is 337 g/mol. The van der Waals surface area contributed by atoms with Gasteiger partial charge in [0.05, 0.1) is 6.54 Å². The number of carboxylic acids is 1. The number of hydrogen-bond donors (Lipinski definition) is 1. The van der Waals surface area contributed by atoms with Crippen molar-refractivity contribution in [3.05, 3.63) is 29.8 Å². The first-order valence-corrected chi connectivity index (χ1v) is 8.17. The van der Waals surface area contributed by atoms with Crippen LogP contribution in [0.4, 0.5) is 13.2 Å². The number of nitrogens with zero attached hydrogens (tertiary/aromatic N) is 2. The molecule has 1 N–H and O–H groups in total. The van der Waals surface area contributed by atoms with Gasteiger partial charge in [0.15, 0.2) is 0 Å². The summed E-state index contributed by atoms with van der Waals surface area (Å²) in [7, 11) is 1.82. The molecule has 0 radical (unpaired) electrons. The van der Waals surface area contributed by atoms with Crippen LogP contribution in [0.5, 0.6) is 5.75 Å². The molecule has 1 unspecified atom stereocenters. The molecule has 1 fully saturated rings. The monoisotopic (exact) mass is 360 g/mol. The van der Waals surface area contributed by atoms with Gasteiger partial charge in [-0.25, -0.2) is 0 Å². The molecule has 0 spiro atoms. The first-order valence-electron chi connectivity index (χ1n) is 8.17. The molecule has 0 amide bonds. The van der Waals surface area contributed by atoms with E-state index in [0.717, 1.165) is 31.5 Å². The highest BCUT2D eigenvalue weighted by Gasteiger charge is 2.31. The lowest BCUT2D eigenvalue weighted by atomic mass is 9.99. The van der Waals surface area contributed by atoms with E-state index in [1.807, 2.05) is 18.9 Å². The first-order chi connectivity index (χ1) is 11.7. The van der Waals surface area contributed by atoms with Gasteiger partial charge in [-0.3, -0.25) is 14.6 Å². The molecule has 8 heteroatoms. The lowest BCUT2D eigenvalue weighted by Crippen LogP contribution is -2.45. The van der Waals surface area contributed by atoms with Crippen molar-refractivity contribution in [3.8, 4) is 5.75 Å². The smallest absolute Gasteiger partial charge is 0.480 e. The number of likely N-dealkylation sites (tertiary alicyclic amines) is 1. The van der Waals surface area contributed by atoms with E-state index in [1.54, 1.807) is 12.1 Å². The average molecular weight is 360 g/mol. The van der Waals surface area contributed by atoms with E-state index in [-0.39, 0.29) is 24.4 Å². The number of rotatable bonds is 6. The summed E-state index contributed by atoms with van der Waals surface area (Å²) in [5, 5.41) is 8.86. The fraction of sp³-hybridized carbons (Fsp3) is 0.588. The third kappa shape index (κ3) is 5.89. The second-order valence-corrected chi connectivity index (χ2v) is 6.37. The summed E-state index contributed by atoms with van der Waals surface area (Å²) in [6, 6.07) is 6.26. The molecule has 140 valence electrons. The van der Waals surface area contributed by atoms with Gasteiger partial charge < -0.3 is 9.84 Å². The second-order valence-electron chi connectivity index (χ2n) is 6.37. The van der Waals surface area contributed by atoms with Crippen molar-refractivity contribution < 1.29 is 27.8 Å². The molecule has 0 bridgehead atoms. The number of halogens is 3. The van der Waals surface area contributed by atoms with Crippen molar-refractivity contribution >= 4 is 5.97 Å². The Morgan fingerprint density at radius 3 is 2.36 bits per heavy atom. The molecule has 1 aromatic rings. The normalized spacial score (nSPS) is 18.3. The molecular formula is C17H23F3N2O3. The van der Waals surface area contributed by atoms with E-state index in [4.69, 9.17) is 5.11 Å². The van der Waals surface area contributed by atoms with Crippen molar-refractivity contribution in [1.29, 1.82) is 0 Å². The predicted molar refractivity (Wildman–Crippen MR) is 86.4 cm³/mol. The van der Waals surface area contributed by atoms with Crippen LogP contribution in [-0.2, 0) is 4.79 Å². The van der Waals surface area contributed by atoms with Crippen LogP contribution < -0.4 is 4.74 Å². The Hall–Kier alpha value is -1.80. The highest BCUT2D eigenvalue weighted by molar-refractivity contribution is 5.69. The molecule has 1 atom stereocenters. The first kappa shape index (κ1) is 19.5. The molecule has 0 aromatic heterocycles. The van der Waals surface area contributed by atoms with Crippen LogP contribution in [0.15, 0.2) is 24.3 Å². The van der Waals surface area contributed by atoms with Crippen molar-refractivity contribution in [1.82, 2.24) is 9.80 Å². The van der Waals surface area contributed by atoms with Gasteiger partial charge >= 0.3 is 12.3 Å². The van der Waals surface area contributed by atoms with Crippen molar-refractivity contribution in [2.24, 2.45) is 0 Å². The van der Waals surface area contributed by atoms with Crippen molar-refractivity contribution in [3.63, 3.8) is 0 Å². The van der Waals surface area contributed by atoms with E-state index in [0.29, 0.717) is 0 Å². The Morgan fingerprint density at radius 1 is 1.32 bits per heavy atom. The highest BCUT2D eigenvalue weighted by atomic mass is 19.4. The van der Waals surface area contributed by atoms with E-state index in [1.165, 1.54) is 12.1 Å². The minimum absolute atomic E-state index is 0.0287. The molecule has 2 rings (SSSR count). The molecule has 1 aliphatic heterocycles. The van der Waals surface area contributed by atoms with Crippen molar-refractivity contribution in [2.45, 2.75) is 38.2 Å². The van der Waals surface area contributed by atoms with Gasteiger partial charge in [-0.05, 0) is 44.5 Å². The van der Waals surface area contributed by atoms with Gasteiger partial charge in [0.25, 0.3) is 0 Å². The van der Waals surface area contributed by atoms with Gasteiger partial charge in [-0.15, -0.1) is 13.2 Å². The number of aliphatic carboxylic acids is 1. The van der Waals surface area contributed by atoms with Crippen LogP contribution >= 0.6 is 0 Å². The van der Waals surface area contributed by atoms with Gasteiger partial charge in [0.2, 0.25) is 0 Å². The number of alkyl halides is 3. The van der Waals surface area contributed by atoms with Crippen LogP contribution in [0.2, 0.25) is 0 Å². The molecule has 0 saturated carbocycles. The van der Waals surface area contributed by atoms with Gasteiger partial charge in [-0.1, -0.05) is 12.1 Å². The van der Waals surface area contributed by atoms with Crippen molar-refractivity contribution in [2.75, 3.05) is 26.7 Å². The molecule has 1 heterocycles. The number of carbonyl (C=O) groups is 1. The van der Waals surface area contributed by atoms with Crippen LogP contribution in [0, 0.1) is 0 Å². The van der Waals surface area contributed by atoms with E-state index < -0.39 is 12.3 Å². The molecule has 1 aromatic carbocycles. The fourth-order valence-electron chi connectivity index (χ4n) is 3.22. The Balaban J connectivity index is 1.89. The maximum Gasteiger partial charge on any atom is 0.573 e. The van der Waals surface area contributed by atoms with E-state index >= 15 is 0 Å². The maximum atomic E-state index is 12.2. The summed E-state index contributed by atoms with van der Waals surface area (Å²) in [6.45, 7) is 3.68. The van der Waals surface area contributed by atoms with Crippen LogP contribution in [0.3, 0.4) is 0 Å². The Kier molecular flexibility index (Phi) is 6.29. The summed E-state index contributed by atoms with van der Waals surface area (Å²) in [4.78, 5) is 14.9. The highest BCUT2D eigenvalue weighted by Crippen LogP contribution is 2.28. The zero-order chi connectivity index (χ0) is 18.6. The van der Waals surface area contributed by atoms with Crippen LogP contribution in [0.1, 0.15) is 31.4 Å². The Morgan fingerprint density at radius 2 is 1.88 bits per heavy atom. The molecule has 1 saturated heterocycles. The quantitative estimate of drug-likeness (QED) is 0.845. The minimum atomic E-state index is -4.68. The minimum Gasteiger partial charge on any atom is -0.480 e. The van der Waals surface area contributed by atoms with Gasteiger partial charge in [0, 0.05) is 25.2 Å². The summed E-state index contributed by atoms with van der Waals surface area (Å²) in [6.07, 6.45) is -2.95. The standard InChI is InChI=1S/C17H23F3N2O3/c1-12(13-3-5-15(6-4-13)25-17(18,19)20)22-9-7-14(8-10-22)21(2)11-16(23)24/h3-6,12,14H,7-11H2,1-2H3,(H,23,24). The average Bonchev–Trinajstić information content (AvgIpc) is 2.53. The molecule has 1 aliphatic rings. The topological polar surface area (TPSA) is 53.0 Å². The summed E-state index contributed by atoms with van der Waals surface area (Å²) < 4.78 is 40.5. The molecule has 25 heavy (non-hydrogen) atoms. The summed E-state index contributed by atoms with van der Waals surface area (Å²) in [5.74, 6) is -1.06. The maximum absolute atomic E-state index is 12.2. The largest absolute Gasteiger partial charge is 0.573 e. The number of carboxylic acid groups (broad SMARTS) is 1. The third-order valence-corrected chi connectivity index (χ3v) is 4.65. The summed E-state index contributed by atoms with van der Waals surface area (Å²) in [5.41, 5.74) is 0.923. The zero-order valence-corrected chi connectivity index (χ0v) is 14.3. The summed E-state index contributed by atoms with van der Waals surface area (Å²) >= 11 is 0.